The van der Waals surface area contributed by atoms with Gasteiger partial charge in [-0.3, -0.25) is 4.79 Å². The molecule has 130 valence electrons. The molecule has 0 atom stereocenters. The molecule has 0 aliphatic heterocycles. The highest BCUT2D eigenvalue weighted by atomic mass is 79.9. The molecule has 1 amide bonds. The van der Waals surface area contributed by atoms with Crippen molar-refractivity contribution in [1.29, 1.82) is 0 Å². The average Bonchev–Trinajstić information content (AvgIpc) is 3.10. The Morgan fingerprint density at radius 3 is 2.35 bits per heavy atom. The van der Waals surface area contributed by atoms with Crippen LogP contribution in [0.5, 0.6) is 0 Å². The molecular formula is C20H14BrNO4. The SMILES string of the molecule is O=C(O)C(=Cc1ccc(-c2ccccc2Br)o1)NC(=O)c1ccccc1. The normalized spacial score (nSPS) is 11.2. The van der Waals surface area contributed by atoms with Gasteiger partial charge in [-0.1, -0.05) is 52.3 Å². The number of amides is 1. The molecule has 3 rings (SSSR count). The van der Waals surface area contributed by atoms with E-state index in [1.807, 2.05) is 24.3 Å². The lowest BCUT2D eigenvalue weighted by Gasteiger charge is -2.05. The smallest absolute Gasteiger partial charge is 0.352 e. The summed E-state index contributed by atoms with van der Waals surface area (Å²) in [6.07, 6.45) is 1.28. The monoisotopic (exact) mass is 411 g/mol. The van der Waals surface area contributed by atoms with Crippen LogP contribution in [-0.2, 0) is 4.79 Å². The Morgan fingerprint density at radius 1 is 0.962 bits per heavy atom. The van der Waals surface area contributed by atoms with Gasteiger partial charge in [0.1, 0.15) is 17.2 Å². The predicted molar refractivity (Wildman–Crippen MR) is 101 cm³/mol. The number of carbonyl (C=O) groups is 2. The molecule has 0 aliphatic carbocycles. The first kappa shape index (κ1) is 17.7. The van der Waals surface area contributed by atoms with Crippen LogP contribution >= 0.6 is 15.9 Å². The van der Waals surface area contributed by atoms with Gasteiger partial charge in [0.15, 0.2) is 0 Å². The Balaban J connectivity index is 1.85. The molecule has 3 aromatic rings. The molecule has 2 aromatic carbocycles. The maximum Gasteiger partial charge on any atom is 0.352 e. The van der Waals surface area contributed by atoms with Crippen molar-refractivity contribution in [1.82, 2.24) is 5.32 Å². The summed E-state index contributed by atoms with van der Waals surface area (Å²) >= 11 is 3.45. The average molecular weight is 412 g/mol. The molecule has 0 bridgehead atoms. The second-order valence-electron chi connectivity index (χ2n) is 5.37. The van der Waals surface area contributed by atoms with Gasteiger partial charge in [0.25, 0.3) is 5.91 Å². The number of furan rings is 1. The standard InChI is InChI=1S/C20H14BrNO4/c21-16-9-5-4-8-15(16)18-11-10-14(26-18)12-17(20(24)25)22-19(23)13-6-2-1-3-7-13/h1-12H,(H,22,23)(H,24,25). The van der Waals surface area contributed by atoms with Gasteiger partial charge in [0.05, 0.1) is 0 Å². The molecule has 0 radical (unpaired) electrons. The number of halogens is 1. The van der Waals surface area contributed by atoms with Crippen molar-refractivity contribution in [2.24, 2.45) is 0 Å². The summed E-state index contributed by atoms with van der Waals surface area (Å²) in [4.78, 5) is 23.6. The van der Waals surface area contributed by atoms with Crippen molar-refractivity contribution in [3.8, 4) is 11.3 Å². The molecule has 5 nitrogen and oxygen atoms in total. The molecular weight excluding hydrogens is 398 g/mol. The lowest BCUT2D eigenvalue weighted by molar-refractivity contribution is -0.132. The molecule has 6 heteroatoms. The third-order valence-electron chi connectivity index (χ3n) is 3.57. The fourth-order valence-corrected chi connectivity index (χ4v) is 2.79. The zero-order chi connectivity index (χ0) is 18.5. The number of carboxylic acids is 1. The van der Waals surface area contributed by atoms with Crippen molar-refractivity contribution in [2.75, 3.05) is 0 Å². The minimum absolute atomic E-state index is 0.271. The van der Waals surface area contributed by atoms with E-state index in [-0.39, 0.29) is 5.70 Å². The van der Waals surface area contributed by atoms with Crippen LogP contribution in [0.2, 0.25) is 0 Å². The molecule has 0 saturated carbocycles. The fraction of sp³-hybridized carbons (Fsp3) is 0. The Labute approximate surface area is 158 Å². The van der Waals surface area contributed by atoms with Gasteiger partial charge < -0.3 is 14.8 Å². The second-order valence-corrected chi connectivity index (χ2v) is 6.22. The molecule has 2 N–H and O–H groups in total. The van der Waals surface area contributed by atoms with Crippen LogP contribution in [0.25, 0.3) is 17.4 Å². The zero-order valence-corrected chi connectivity index (χ0v) is 15.1. The lowest BCUT2D eigenvalue weighted by Crippen LogP contribution is -2.27. The topological polar surface area (TPSA) is 79.5 Å². The summed E-state index contributed by atoms with van der Waals surface area (Å²) in [6, 6.07) is 19.3. The van der Waals surface area contributed by atoms with Gasteiger partial charge in [-0.2, -0.15) is 0 Å². The number of aliphatic carboxylic acids is 1. The van der Waals surface area contributed by atoms with Crippen molar-refractivity contribution < 1.29 is 19.1 Å². The number of carbonyl (C=O) groups excluding carboxylic acids is 1. The second kappa shape index (κ2) is 7.84. The Morgan fingerprint density at radius 2 is 1.65 bits per heavy atom. The molecule has 1 heterocycles. The van der Waals surface area contributed by atoms with E-state index in [1.165, 1.54) is 6.08 Å². The Kier molecular flexibility index (Phi) is 5.34. The molecule has 1 aromatic heterocycles. The lowest BCUT2D eigenvalue weighted by atomic mass is 10.2. The molecule has 0 unspecified atom stereocenters. The Bertz CT molecular complexity index is 976. The molecule has 0 spiro atoms. The van der Waals surface area contributed by atoms with Gasteiger partial charge >= 0.3 is 5.97 Å². The van der Waals surface area contributed by atoms with Crippen LogP contribution in [0.4, 0.5) is 0 Å². The largest absolute Gasteiger partial charge is 0.477 e. The number of hydrogen-bond donors (Lipinski definition) is 2. The first-order chi connectivity index (χ1) is 12.5. The van der Waals surface area contributed by atoms with Crippen LogP contribution in [0.1, 0.15) is 16.1 Å². The van der Waals surface area contributed by atoms with Gasteiger partial charge in [-0.15, -0.1) is 0 Å². The van der Waals surface area contributed by atoms with Crippen LogP contribution < -0.4 is 5.32 Å². The van der Waals surface area contributed by atoms with Gasteiger partial charge in [0, 0.05) is 21.7 Å². The molecule has 0 fully saturated rings. The highest BCUT2D eigenvalue weighted by Gasteiger charge is 2.15. The minimum atomic E-state index is -1.26. The predicted octanol–water partition coefficient (Wildman–Crippen LogP) is 4.56. The van der Waals surface area contributed by atoms with E-state index in [0.29, 0.717) is 17.1 Å². The maximum absolute atomic E-state index is 12.2. The van der Waals surface area contributed by atoms with Crippen LogP contribution in [-0.4, -0.2) is 17.0 Å². The van der Waals surface area contributed by atoms with E-state index in [2.05, 4.69) is 21.2 Å². The summed E-state index contributed by atoms with van der Waals surface area (Å²) < 4.78 is 6.56. The van der Waals surface area contributed by atoms with E-state index < -0.39 is 11.9 Å². The zero-order valence-electron chi connectivity index (χ0n) is 13.5. The van der Waals surface area contributed by atoms with Crippen LogP contribution in [0, 0.1) is 0 Å². The third kappa shape index (κ3) is 4.10. The quantitative estimate of drug-likeness (QED) is 0.602. The van der Waals surface area contributed by atoms with Gasteiger partial charge in [-0.05, 0) is 30.3 Å². The first-order valence-corrected chi connectivity index (χ1v) is 8.50. The van der Waals surface area contributed by atoms with E-state index >= 15 is 0 Å². The molecule has 26 heavy (non-hydrogen) atoms. The number of rotatable bonds is 5. The first-order valence-electron chi connectivity index (χ1n) is 7.71. The highest BCUT2D eigenvalue weighted by Crippen LogP contribution is 2.29. The minimum Gasteiger partial charge on any atom is -0.477 e. The maximum atomic E-state index is 12.2. The van der Waals surface area contributed by atoms with Gasteiger partial charge in [0.2, 0.25) is 0 Å². The Hall–Kier alpha value is -3.12. The van der Waals surface area contributed by atoms with Crippen molar-refractivity contribution in [3.05, 3.63) is 88.2 Å². The van der Waals surface area contributed by atoms with Crippen molar-refractivity contribution in [3.63, 3.8) is 0 Å². The van der Waals surface area contributed by atoms with Crippen molar-refractivity contribution in [2.45, 2.75) is 0 Å². The number of nitrogens with one attached hydrogen (secondary N) is 1. The molecule has 0 aliphatic rings. The number of carboxylic acid groups (broad SMARTS) is 1. The number of benzene rings is 2. The van der Waals surface area contributed by atoms with Gasteiger partial charge in [-0.25, -0.2) is 4.79 Å². The van der Waals surface area contributed by atoms with E-state index in [1.54, 1.807) is 42.5 Å². The third-order valence-corrected chi connectivity index (χ3v) is 4.26. The highest BCUT2D eigenvalue weighted by molar-refractivity contribution is 9.10. The summed E-state index contributed by atoms with van der Waals surface area (Å²) in [7, 11) is 0. The van der Waals surface area contributed by atoms with E-state index in [4.69, 9.17) is 4.42 Å². The van der Waals surface area contributed by atoms with Crippen LogP contribution in [0.3, 0.4) is 0 Å². The summed E-state index contributed by atoms with van der Waals surface area (Å²) in [6.45, 7) is 0. The summed E-state index contributed by atoms with van der Waals surface area (Å²) in [5.41, 5.74) is 0.942. The molecule has 0 saturated heterocycles. The van der Waals surface area contributed by atoms with E-state index in [9.17, 15) is 14.7 Å². The summed E-state index contributed by atoms with van der Waals surface area (Å²) in [5.74, 6) is -0.852. The van der Waals surface area contributed by atoms with Crippen molar-refractivity contribution >= 4 is 33.9 Å². The van der Waals surface area contributed by atoms with E-state index in [0.717, 1.165) is 10.0 Å². The van der Waals surface area contributed by atoms with Crippen LogP contribution in [0.15, 0.2) is 81.3 Å². The number of hydrogen-bond acceptors (Lipinski definition) is 3. The fourth-order valence-electron chi connectivity index (χ4n) is 2.31. The summed E-state index contributed by atoms with van der Waals surface area (Å²) in [5, 5.41) is 11.8.